The molecule has 0 fully saturated rings. The predicted octanol–water partition coefficient (Wildman–Crippen LogP) is 5.19. The number of aromatic nitrogens is 2. The van der Waals surface area contributed by atoms with Crippen LogP contribution in [0.15, 0.2) is 48.5 Å². The summed E-state index contributed by atoms with van der Waals surface area (Å²) < 4.78 is 0. The van der Waals surface area contributed by atoms with E-state index in [2.05, 4.69) is 25.9 Å². The van der Waals surface area contributed by atoms with Crippen molar-refractivity contribution >= 4 is 46.3 Å². The molecule has 7 heteroatoms. The SMILES string of the molecule is CC(=O)Nc1cccc(Nc2cc(C)nc(Nc3cc(Cl)ccc3C)n2)c1. The average Bonchev–Trinajstić information content (AvgIpc) is 2.57. The van der Waals surface area contributed by atoms with Crippen LogP contribution in [0.4, 0.5) is 28.8 Å². The number of nitrogens with zero attached hydrogens (tertiary/aromatic N) is 2. The smallest absolute Gasteiger partial charge is 0.229 e. The monoisotopic (exact) mass is 381 g/mol. The Morgan fingerprint density at radius 3 is 2.52 bits per heavy atom. The Morgan fingerprint density at radius 2 is 1.74 bits per heavy atom. The molecule has 138 valence electrons. The molecule has 0 aliphatic rings. The van der Waals surface area contributed by atoms with Crippen molar-refractivity contribution in [2.24, 2.45) is 0 Å². The lowest BCUT2D eigenvalue weighted by Crippen LogP contribution is -2.06. The number of hydrogen-bond acceptors (Lipinski definition) is 5. The fourth-order valence-electron chi connectivity index (χ4n) is 2.56. The highest BCUT2D eigenvalue weighted by Gasteiger charge is 2.07. The zero-order valence-corrected chi connectivity index (χ0v) is 16.1. The molecule has 1 amide bonds. The third-order valence-electron chi connectivity index (χ3n) is 3.76. The summed E-state index contributed by atoms with van der Waals surface area (Å²) in [6, 6.07) is 14.9. The van der Waals surface area contributed by atoms with Gasteiger partial charge in [-0.15, -0.1) is 0 Å². The minimum absolute atomic E-state index is 0.117. The fraction of sp³-hybridized carbons (Fsp3) is 0.150. The number of amides is 1. The summed E-state index contributed by atoms with van der Waals surface area (Å²) >= 11 is 6.08. The van der Waals surface area contributed by atoms with E-state index in [1.165, 1.54) is 6.92 Å². The Morgan fingerprint density at radius 1 is 0.963 bits per heavy atom. The third kappa shape index (κ3) is 5.18. The lowest BCUT2D eigenvalue weighted by atomic mass is 10.2. The molecule has 0 unspecified atom stereocenters. The number of halogens is 1. The van der Waals surface area contributed by atoms with Crippen LogP contribution in [-0.2, 0) is 4.79 Å². The number of rotatable bonds is 5. The second kappa shape index (κ2) is 8.05. The fourth-order valence-corrected chi connectivity index (χ4v) is 2.74. The number of benzene rings is 2. The molecule has 0 aliphatic carbocycles. The minimum Gasteiger partial charge on any atom is -0.340 e. The quantitative estimate of drug-likeness (QED) is 0.566. The minimum atomic E-state index is -0.117. The molecule has 6 nitrogen and oxygen atoms in total. The van der Waals surface area contributed by atoms with Gasteiger partial charge in [-0.25, -0.2) is 4.98 Å². The molecule has 0 aliphatic heterocycles. The van der Waals surface area contributed by atoms with E-state index in [0.717, 1.165) is 22.6 Å². The van der Waals surface area contributed by atoms with E-state index in [1.807, 2.05) is 62.4 Å². The Balaban J connectivity index is 1.83. The molecular formula is C20H20ClN5O. The van der Waals surface area contributed by atoms with E-state index in [9.17, 15) is 4.79 Å². The van der Waals surface area contributed by atoms with Gasteiger partial charge in [-0.2, -0.15) is 4.98 Å². The summed E-state index contributed by atoms with van der Waals surface area (Å²) in [6.07, 6.45) is 0. The van der Waals surface area contributed by atoms with Crippen molar-refractivity contribution in [3.63, 3.8) is 0 Å². The van der Waals surface area contributed by atoms with Crippen molar-refractivity contribution in [3.8, 4) is 0 Å². The average molecular weight is 382 g/mol. The van der Waals surface area contributed by atoms with Crippen molar-refractivity contribution in [2.75, 3.05) is 16.0 Å². The summed E-state index contributed by atoms with van der Waals surface area (Å²) in [5.41, 5.74) is 4.23. The lowest BCUT2D eigenvalue weighted by molar-refractivity contribution is -0.114. The first-order chi connectivity index (χ1) is 12.9. The summed E-state index contributed by atoms with van der Waals surface area (Å²) in [4.78, 5) is 20.2. The van der Waals surface area contributed by atoms with Crippen LogP contribution < -0.4 is 16.0 Å². The molecule has 3 N–H and O–H groups in total. The van der Waals surface area contributed by atoms with Gasteiger partial charge >= 0.3 is 0 Å². The van der Waals surface area contributed by atoms with Crippen molar-refractivity contribution in [1.29, 1.82) is 0 Å². The lowest BCUT2D eigenvalue weighted by Gasteiger charge is -2.12. The first-order valence-electron chi connectivity index (χ1n) is 8.42. The number of carbonyl (C=O) groups is 1. The van der Waals surface area contributed by atoms with Crippen molar-refractivity contribution in [1.82, 2.24) is 9.97 Å². The van der Waals surface area contributed by atoms with Crippen LogP contribution in [0.25, 0.3) is 0 Å². The van der Waals surface area contributed by atoms with Gasteiger partial charge in [-0.05, 0) is 49.7 Å². The molecule has 1 aromatic heterocycles. The molecule has 0 bridgehead atoms. The maximum atomic E-state index is 11.2. The van der Waals surface area contributed by atoms with Gasteiger partial charge < -0.3 is 16.0 Å². The molecule has 2 aromatic carbocycles. The highest BCUT2D eigenvalue weighted by atomic mass is 35.5. The van der Waals surface area contributed by atoms with Gasteiger partial charge in [0.25, 0.3) is 0 Å². The number of nitrogens with one attached hydrogen (secondary N) is 3. The van der Waals surface area contributed by atoms with Crippen LogP contribution in [0, 0.1) is 13.8 Å². The molecule has 0 atom stereocenters. The van der Waals surface area contributed by atoms with E-state index in [1.54, 1.807) is 0 Å². The Labute approximate surface area is 163 Å². The molecule has 0 saturated carbocycles. The van der Waals surface area contributed by atoms with Crippen molar-refractivity contribution in [3.05, 3.63) is 64.8 Å². The van der Waals surface area contributed by atoms with Crippen LogP contribution in [0.1, 0.15) is 18.2 Å². The van der Waals surface area contributed by atoms with Gasteiger partial charge in [0, 0.05) is 40.8 Å². The van der Waals surface area contributed by atoms with E-state index >= 15 is 0 Å². The number of aryl methyl sites for hydroxylation is 2. The maximum Gasteiger partial charge on any atom is 0.229 e. The summed E-state index contributed by atoms with van der Waals surface area (Å²) in [7, 11) is 0. The van der Waals surface area contributed by atoms with Crippen molar-refractivity contribution < 1.29 is 4.79 Å². The van der Waals surface area contributed by atoms with E-state index in [0.29, 0.717) is 22.5 Å². The van der Waals surface area contributed by atoms with Gasteiger partial charge in [-0.1, -0.05) is 23.7 Å². The van der Waals surface area contributed by atoms with Crippen LogP contribution in [-0.4, -0.2) is 15.9 Å². The zero-order chi connectivity index (χ0) is 19.4. The maximum absolute atomic E-state index is 11.2. The summed E-state index contributed by atoms with van der Waals surface area (Å²) in [5, 5.41) is 9.86. The third-order valence-corrected chi connectivity index (χ3v) is 3.99. The summed E-state index contributed by atoms with van der Waals surface area (Å²) in [6.45, 7) is 5.36. The highest BCUT2D eigenvalue weighted by Crippen LogP contribution is 2.25. The molecule has 3 aromatic rings. The van der Waals surface area contributed by atoms with Crippen molar-refractivity contribution in [2.45, 2.75) is 20.8 Å². The van der Waals surface area contributed by atoms with Crippen LogP contribution >= 0.6 is 11.6 Å². The second-order valence-electron chi connectivity index (χ2n) is 6.19. The molecule has 1 heterocycles. The molecule has 27 heavy (non-hydrogen) atoms. The van der Waals surface area contributed by atoms with Gasteiger partial charge in [0.05, 0.1) is 0 Å². The molecule has 0 spiro atoms. The Kier molecular flexibility index (Phi) is 5.57. The predicted molar refractivity (Wildman–Crippen MR) is 110 cm³/mol. The summed E-state index contributed by atoms with van der Waals surface area (Å²) in [5.74, 6) is 0.999. The number of anilines is 5. The largest absolute Gasteiger partial charge is 0.340 e. The first-order valence-corrected chi connectivity index (χ1v) is 8.80. The standard InChI is InChI=1S/C20H20ClN5O/c1-12-7-8-15(21)10-18(12)25-20-22-13(2)9-19(26-20)24-17-6-4-5-16(11-17)23-14(3)27/h4-11H,1-3H3,(H,23,27)(H2,22,24,25,26). The zero-order valence-electron chi connectivity index (χ0n) is 15.3. The normalized spacial score (nSPS) is 10.4. The van der Waals surface area contributed by atoms with Crippen LogP contribution in [0.5, 0.6) is 0 Å². The van der Waals surface area contributed by atoms with Crippen LogP contribution in [0.3, 0.4) is 0 Å². The van der Waals surface area contributed by atoms with Gasteiger partial charge in [0.1, 0.15) is 5.82 Å². The molecular weight excluding hydrogens is 362 g/mol. The van der Waals surface area contributed by atoms with Gasteiger partial charge in [0.15, 0.2) is 0 Å². The van der Waals surface area contributed by atoms with Gasteiger partial charge in [0.2, 0.25) is 11.9 Å². The Hall–Kier alpha value is -3.12. The molecule has 0 saturated heterocycles. The van der Waals surface area contributed by atoms with E-state index in [4.69, 9.17) is 11.6 Å². The number of hydrogen-bond donors (Lipinski definition) is 3. The second-order valence-corrected chi connectivity index (χ2v) is 6.63. The molecule has 3 rings (SSSR count). The van der Waals surface area contributed by atoms with E-state index < -0.39 is 0 Å². The topological polar surface area (TPSA) is 78.9 Å². The van der Waals surface area contributed by atoms with E-state index in [-0.39, 0.29) is 5.91 Å². The highest BCUT2D eigenvalue weighted by molar-refractivity contribution is 6.30. The van der Waals surface area contributed by atoms with Crippen LogP contribution in [0.2, 0.25) is 5.02 Å². The van der Waals surface area contributed by atoms with Gasteiger partial charge in [-0.3, -0.25) is 4.79 Å². The molecule has 0 radical (unpaired) electrons. The first kappa shape index (κ1) is 18.7. The Bertz CT molecular complexity index is 990. The number of carbonyl (C=O) groups excluding carboxylic acids is 1.